The Bertz CT molecular complexity index is 1340. The number of amides is 2. The first kappa shape index (κ1) is 27.3. The molecule has 0 aliphatic heterocycles. The second-order valence-electron chi connectivity index (χ2n) is 8.64. The van der Waals surface area contributed by atoms with Crippen LogP contribution in [-0.2, 0) is 12.7 Å². The fourth-order valence-corrected chi connectivity index (χ4v) is 5.01. The van der Waals surface area contributed by atoms with Gasteiger partial charge in [-0.2, -0.15) is 13.2 Å². The first-order valence-corrected chi connectivity index (χ1v) is 13.4. The van der Waals surface area contributed by atoms with E-state index in [0.717, 1.165) is 52.8 Å². The summed E-state index contributed by atoms with van der Waals surface area (Å²) < 4.78 is 40.9. The van der Waals surface area contributed by atoms with Gasteiger partial charge in [0.25, 0.3) is 0 Å². The molecule has 0 radical (unpaired) electrons. The molecule has 1 aromatic heterocycles. The Labute approximate surface area is 224 Å². The third-order valence-electron chi connectivity index (χ3n) is 5.76. The summed E-state index contributed by atoms with van der Waals surface area (Å²) in [5, 5.41) is 6.09. The minimum absolute atomic E-state index is 0.0928. The minimum Gasteiger partial charge on any atom is -0.338 e. The lowest BCUT2D eigenvalue weighted by molar-refractivity contribution is -0.137. The average molecular weight is 539 g/mol. The number of aromatic nitrogens is 2. The quantitative estimate of drug-likeness (QED) is 0.159. The van der Waals surface area contributed by atoms with Gasteiger partial charge in [0.2, 0.25) is 0 Å². The van der Waals surface area contributed by atoms with Crippen molar-refractivity contribution in [2.24, 2.45) is 0 Å². The van der Waals surface area contributed by atoms with Crippen molar-refractivity contribution in [2.75, 3.05) is 17.6 Å². The van der Waals surface area contributed by atoms with Crippen LogP contribution in [0.25, 0.3) is 22.5 Å². The Hall–Kier alpha value is -3.72. The SMILES string of the molecule is CCCn1c(SCCCNC(=O)Nc2cccc(C(F)(F)F)c2)nc(-c2ccccc2)c1-c1ccccc1. The van der Waals surface area contributed by atoms with E-state index in [-0.39, 0.29) is 5.69 Å². The van der Waals surface area contributed by atoms with Crippen molar-refractivity contribution in [3.63, 3.8) is 0 Å². The van der Waals surface area contributed by atoms with Crippen LogP contribution in [0.3, 0.4) is 0 Å². The van der Waals surface area contributed by atoms with Crippen LogP contribution in [0.15, 0.2) is 90.1 Å². The lowest BCUT2D eigenvalue weighted by Crippen LogP contribution is -2.29. The van der Waals surface area contributed by atoms with Gasteiger partial charge in [0.1, 0.15) is 0 Å². The van der Waals surface area contributed by atoms with Crippen molar-refractivity contribution < 1.29 is 18.0 Å². The van der Waals surface area contributed by atoms with Crippen LogP contribution in [0.4, 0.5) is 23.7 Å². The standard InChI is InChI=1S/C29H29F3N4OS/c1-2-18-36-26(22-13-7-4-8-14-22)25(21-11-5-3-6-12-21)35-28(36)38-19-10-17-33-27(37)34-24-16-9-15-23(20-24)29(30,31)32/h3-9,11-16,20H,2,10,17-19H2,1H3,(H2,33,34,37). The zero-order valence-corrected chi connectivity index (χ0v) is 21.8. The lowest BCUT2D eigenvalue weighted by Gasteiger charge is -2.12. The van der Waals surface area contributed by atoms with Gasteiger partial charge in [-0.05, 0) is 31.0 Å². The van der Waals surface area contributed by atoms with Gasteiger partial charge in [-0.15, -0.1) is 0 Å². The van der Waals surface area contributed by atoms with E-state index in [2.05, 4.69) is 46.4 Å². The predicted octanol–water partition coefficient (Wildman–Crippen LogP) is 7.95. The number of carbonyl (C=O) groups excluding carboxylic acids is 1. The Kier molecular flexibility index (Phi) is 9.12. The fourth-order valence-electron chi connectivity index (χ4n) is 4.05. The number of urea groups is 1. The minimum atomic E-state index is -4.46. The van der Waals surface area contributed by atoms with Gasteiger partial charge in [0, 0.05) is 35.7 Å². The fraction of sp³-hybridized carbons (Fsp3) is 0.241. The van der Waals surface area contributed by atoms with Gasteiger partial charge in [-0.3, -0.25) is 0 Å². The van der Waals surface area contributed by atoms with E-state index in [1.165, 1.54) is 12.1 Å². The highest BCUT2D eigenvalue weighted by Gasteiger charge is 2.30. The van der Waals surface area contributed by atoms with Gasteiger partial charge < -0.3 is 15.2 Å². The van der Waals surface area contributed by atoms with Crippen molar-refractivity contribution >= 4 is 23.5 Å². The molecule has 9 heteroatoms. The summed E-state index contributed by atoms with van der Waals surface area (Å²) in [6, 6.07) is 24.4. The van der Waals surface area contributed by atoms with E-state index in [4.69, 9.17) is 4.98 Å². The van der Waals surface area contributed by atoms with E-state index < -0.39 is 17.8 Å². The number of halogens is 3. The van der Waals surface area contributed by atoms with Crippen molar-refractivity contribution in [1.29, 1.82) is 0 Å². The zero-order valence-electron chi connectivity index (χ0n) is 21.0. The molecule has 0 saturated carbocycles. The number of thioether (sulfide) groups is 1. The lowest BCUT2D eigenvalue weighted by atomic mass is 10.0. The van der Waals surface area contributed by atoms with Gasteiger partial charge in [-0.25, -0.2) is 9.78 Å². The van der Waals surface area contributed by atoms with Gasteiger partial charge in [0.15, 0.2) is 5.16 Å². The van der Waals surface area contributed by atoms with Gasteiger partial charge >= 0.3 is 12.2 Å². The maximum Gasteiger partial charge on any atom is 0.416 e. The Morgan fingerprint density at radius 1 is 0.947 bits per heavy atom. The molecule has 4 rings (SSSR count). The van der Waals surface area contributed by atoms with E-state index in [1.807, 2.05) is 36.4 Å². The zero-order chi connectivity index (χ0) is 27.0. The van der Waals surface area contributed by atoms with Gasteiger partial charge in [0.05, 0.1) is 17.0 Å². The first-order valence-electron chi connectivity index (χ1n) is 12.4. The molecule has 0 bridgehead atoms. The van der Waals surface area contributed by atoms with Crippen molar-refractivity contribution in [1.82, 2.24) is 14.9 Å². The highest BCUT2D eigenvalue weighted by molar-refractivity contribution is 7.99. The molecule has 5 nitrogen and oxygen atoms in total. The molecule has 2 amide bonds. The number of anilines is 1. The molecule has 198 valence electrons. The molecule has 1 heterocycles. The molecule has 0 saturated heterocycles. The molecule has 3 aromatic carbocycles. The van der Waals surface area contributed by atoms with Crippen LogP contribution >= 0.6 is 11.8 Å². The largest absolute Gasteiger partial charge is 0.416 e. The molecule has 0 spiro atoms. The van der Waals surface area contributed by atoms with Crippen LogP contribution < -0.4 is 10.6 Å². The number of alkyl halides is 3. The summed E-state index contributed by atoms with van der Waals surface area (Å²) in [4.78, 5) is 17.2. The van der Waals surface area contributed by atoms with Crippen molar-refractivity contribution in [3.8, 4) is 22.5 Å². The Balaban J connectivity index is 1.40. The average Bonchev–Trinajstić information content (AvgIpc) is 3.27. The van der Waals surface area contributed by atoms with E-state index in [9.17, 15) is 18.0 Å². The highest BCUT2D eigenvalue weighted by Crippen LogP contribution is 2.36. The Morgan fingerprint density at radius 2 is 1.63 bits per heavy atom. The number of imidazole rings is 1. The molecule has 2 N–H and O–H groups in total. The smallest absolute Gasteiger partial charge is 0.338 e. The number of hydrogen-bond donors (Lipinski definition) is 2. The summed E-state index contributed by atoms with van der Waals surface area (Å²) in [7, 11) is 0. The molecular weight excluding hydrogens is 509 g/mol. The molecule has 0 fully saturated rings. The summed E-state index contributed by atoms with van der Waals surface area (Å²) >= 11 is 1.63. The number of benzene rings is 3. The Morgan fingerprint density at radius 3 is 2.29 bits per heavy atom. The molecule has 0 aliphatic rings. The molecular formula is C29H29F3N4OS. The van der Waals surface area contributed by atoms with Crippen LogP contribution in [0.5, 0.6) is 0 Å². The number of rotatable bonds is 10. The summed E-state index contributed by atoms with van der Waals surface area (Å²) in [5.74, 6) is 0.715. The second-order valence-corrected chi connectivity index (χ2v) is 9.70. The van der Waals surface area contributed by atoms with E-state index >= 15 is 0 Å². The van der Waals surface area contributed by atoms with Crippen LogP contribution in [0.2, 0.25) is 0 Å². The molecule has 0 unspecified atom stereocenters. The normalized spacial score (nSPS) is 11.4. The van der Waals surface area contributed by atoms with E-state index in [1.54, 1.807) is 11.8 Å². The number of nitrogens with one attached hydrogen (secondary N) is 2. The number of nitrogens with zero attached hydrogens (tertiary/aromatic N) is 2. The molecule has 0 atom stereocenters. The van der Waals surface area contributed by atoms with E-state index in [0.29, 0.717) is 18.7 Å². The van der Waals surface area contributed by atoms with Crippen LogP contribution in [-0.4, -0.2) is 27.9 Å². The maximum atomic E-state index is 12.9. The van der Waals surface area contributed by atoms with Crippen LogP contribution in [0, 0.1) is 0 Å². The summed E-state index contributed by atoms with van der Waals surface area (Å²) in [5.41, 5.74) is 3.46. The van der Waals surface area contributed by atoms with Gasteiger partial charge in [-0.1, -0.05) is 85.4 Å². The van der Waals surface area contributed by atoms with Crippen molar-refractivity contribution in [3.05, 3.63) is 90.5 Å². The second kappa shape index (κ2) is 12.7. The summed E-state index contributed by atoms with van der Waals surface area (Å²) in [6.45, 7) is 3.34. The molecule has 0 aliphatic carbocycles. The third-order valence-corrected chi connectivity index (χ3v) is 6.82. The third kappa shape index (κ3) is 6.98. The van der Waals surface area contributed by atoms with Crippen LogP contribution in [0.1, 0.15) is 25.3 Å². The first-order chi connectivity index (χ1) is 18.4. The summed E-state index contributed by atoms with van der Waals surface area (Å²) in [6.07, 6.45) is -2.84. The highest BCUT2D eigenvalue weighted by atomic mass is 32.2. The van der Waals surface area contributed by atoms with Crippen molar-refractivity contribution in [2.45, 2.75) is 37.6 Å². The topological polar surface area (TPSA) is 59.0 Å². The molecule has 4 aromatic rings. The maximum absolute atomic E-state index is 12.9. The molecule has 38 heavy (non-hydrogen) atoms. The number of carbonyl (C=O) groups is 1. The monoisotopic (exact) mass is 538 g/mol. The number of hydrogen-bond acceptors (Lipinski definition) is 3. The predicted molar refractivity (Wildman–Crippen MR) is 147 cm³/mol.